The number of hydrogen-bond donors (Lipinski definition) is 1. The van der Waals surface area contributed by atoms with Gasteiger partial charge < -0.3 is 5.73 Å². The molecule has 1 aliphatic heterocycles. The lowest BCUT2D eigenvalue weighted by atomic mass is 9.93. The summed E-state index contributed by atoms with van der Waals surface area (Å²) in [7, 11) is 0. The number of nitrogens with zero attached hydrogens (tertiary/aromatic N) is 1. The van der Waals surface area contributed by atoms with E-state index in [-0.39, 0.29) is 0 Å². The maximum Gasteiger partial charge on any atom is 0.0120 e. The second-order valence-electron chi connectivity index (χ2n) is 4.86. The fourth-order valence-corrected chi connectivity index (χ4v) is 3.04. The SMILES string of the molecule is NC1[C@@H]2CC[C@@H]1CN(C1CC1)C2. The summed E-state index contributed by atoms with van der Waals surface area (Å²) in [5, 5.41) is 0. The molecule has 2 nitrogen and oxygen atoms in total. The maximum absolute atomic E-state index is 6.14. The molecule has 2 bridgehead atoms. The number of hydrogen-bond acceptors (Lipinski definition) is 2. The Morgan fingerprint density at radius 2 is 1.50 bits per heavy atom. The third kappa shape index (κ3) is 1.01. The van der Waals surface area contributed by atoms with Gasteiger partial charge in [0.05, 0.1) is 0 Å². The van der Waals surface area contributed by atoms with Crippen molar-refractivity contribution in [3.05, 3.63) is 0 Å². The van der Waals surface area contributed by atoms with Crippen LogP contribution in [-0.4, -0.2) is 30.1 Å². The first-order valence-corrected chi connectivity index (χ1v) is 5.34. The minimum absolute atomic E-state index is 0.542. The van der Waals surface area contributed by atoms with E-state index in [2.05, 4.69) is 4.90 Å². The van der Waals surface area contributed by atoms with Crippen molar-refractivity contribution >= 4 is 0 Å². The highest BCUT2D eigenvalue weighted by atomic mass is 15.2. The van der Waals surface area contributed by atoms with Crippen molar-refractivity contribution in [1.29, 1.82) is 0 Å². The van der Waals surface area contributed by atoms with E-state index in [1.54, 1.807) is 0 Å². The molecule has 12 heavy (non-hydrogen) atoms. The summed E-state index contributed by atoms with van der Waals surface area (Å²) in [6.45, 7) is 2.62. The minimum atomic E-state index is 0.542. The summed E-state index contributed by atoms with van der Waals surface area (Å²) in [4.78, 5) is 2.70. The quantitative estimate of drug-likeness (QED) is 0.625. The van der Waals surface area contributed by atoms with E-state index >= 15 is 0 Å². The van der Waals surface area contributed by atoms with Crippen molar-refractivity contribution in [3.63, 3.8) is 0 Å². The van der Waals surface area contributed by atoms with Crippen LogP contribution in [0.5, 0.6) is 0 Å². The molecule has 2 aliphatic carbocycles. The Bertz CT molecular complexity index is 174. The van der Waals surface area contributed by atoms with Gasteiger partial charge in [0, 0.05) is 25.2 Å². The summed E-state index contributed by atoms with van der Waals surface area (Å²) in [5.41, 5.74) is 6.14. The highest BCUT2D eigenvalue weighted by Gasteiger charge is 2.43. The molecule has 2 saturated carbocycles. The molecule has 2 N–H and O–H groups in total. The summed E-state index contributed by atoms with van der Waals surface area (Å²) >= 11 is 0. The van der Waals surface area contributed by atoms with Gasteiger partial charge in [0.25, 0.3) is 0 Å². The number of nitrogens with two attached hydrogens (primary N) is 1. The Kier molecular flexibility index (Phi) is 1.50. The first kappa shape index (κ1) is 7.34. The lowest BCUT2D eigenvalue weighted by Gasteiger charge is -2.36. The molecule has 0 radical (unpaired) electrons. The van der Waals surface area contributed by atoms with Crippen LogP contribution in [0.3, 0.4) is 0 Å². The number of rotatable bonds is 1. The Labute approximate surface area is 74.1 Å². The van der Waals surface area contributed by atoms with Crippen molar-refractivity contribution in [2.75, 3.05) is 13.1 Å². The molecule has 0 spiro atoms. The van der Waals surface area contributed by atoms with Crippen molar-refractivity contribution in [2.45, 2.75) is 37.8 Å². The standard InChI is InChI=1S/C10H18N2/c11-10-7-1-2-8(10)6-12(5-7)9-3-4-9/h7-10H,1-6,11H2/t7-,8-/m1/s1. The third-order valence-electron chi connectivity index (χ3n) is 4.00. The Balaban J connectivity index is 1.73. The number of likely N-dealkylation sites (tertiary alicyclic amines) is 1. The van der Waals surface area contributed by atoms with Crippen LogP contribution in [0.15, 0.2) is 0 Å². The van der Waals surface area contributed by atoms with Crippen molar-refractivity contribution in [3.8, 4) is 0 Å². The summed E-state index contributed by atoms with van der Waals surface area (Å²) < 4.78 is 0. The molecular weight excluding hydrogens is 148 g/mol. The van der Waals surface area contributed by atoms with Crippen molar-refractivity contribution in [2.24, 2.45) is 17.6 Å². The van der Waals surface area contributed by atoms with Gasteiger partial charge >= 0.3 is 0 Å². The van der Waals surface area contributed by atoms with Gasteiger partial charge in [0.15, 0.2) is 0 Å². The van der Waals surface area contributed by atoms with Gasteiger partial charge in [-0.15, -0.1) is 0 Å². The second kappa shape index (κ2) is 2.46. The Hall–Kier alpha value is -0.0800. The molecule has 0 aromatic rings. The average molecular weight is 166 g/mol. The van der Waals surface area contributed by atoms with E-state index in [4.69, 9.17) is 5.73 Å². The molecule has 2 atom stereocenters. The zero-order valence-electron chi connectivity index (χ0n) is 7.58. The van der Waals surface area contributed by atoms with E-state index in [1.165, 1.54) is 38.8 Å². The van der Waals surface area contributed by atoms with E-state index in [1.807, 2.05) is 0 Å². The normalized spacial score (nSPS) is 48.2. The predicted molar refractivity (Wildman–Crippen MR) is 48.8 cm³/mol. The molecule has 0 aromatic heterocycles. The first-order valence-electron chi connectivity index (χ1n) is 5.34. The highest BCUT2D eigenvalue weighted by Crippen LogP contribution is 2.39. The van der Waals surface area contributed by atoms with Crippen molar-refractivity contribution < 1.29 is 0 Å². The zero-order valence-corrected chi connectivity index (χ0v) is 7.58. The second-order valence-corrected chi connectivity index (χ2v) is 4.86. The van der Waals surface area contributed by atoms with Crippen LogP contribution < -0.4 is 5.73 Å². The predicted octanol–water partition coefficient (Wildman–Crippen LogP) is 0.818. The van der Waals surface area contributed by atoms with Crippen LogP contribution in [-0.2, 0) is 0 Å². The van der Waals surface area contributed by atoms with Crippen LogP contribution >= 0.6 is 0 Å². The summed E-state index contributed by atoms with van der Waals surface area (Å²) in [5.74, 6) is 1.67. The van der Waals surface area contributed by atoms with Gasteiger partial charge in [-0.25, -0.2) is 0 Å². The lowest BCUT2D eigenvalue weighted by molar-refractivity contribution is 0.140. The molecular formula is C10H18N2. The number of fused-ring (bicyclic) bond motifs is 2. The smallest absolute Gasteiger partial charge is 0.0120 e. The topological polar surface area (TPSA) is 29.3 Å². The molecule has 3 fully saturated rings. The van der Waals surface area contributed by atoms with E-state index < -0.39 is 0 Å². The minimum Gasteiger partial charge on any atom is -0.327 e. The van der Waals surface area contributed by atoms with Gasteiger partial charge in [-0.2, -0.15) is 0 Å². The molecule has 0 aromatic carbocycles. The molecule has 3 aliphatic rings. The maximum atomic E-state index is 6.14. The highest BCUT2D eigenvalue weighted by molar-refractivity contribution is 4.99. The molecule has 68 valence electrons. The Morgan fingerprint density at radius 3 is 2.00 bits per heavy atom. The molecule has 3 rings (SSSR count). The number of piperidine rings is 1. The van der Waals surface area contributed by atoms with Gasteiger partial charge in [-0.05, 0) is 37.5 Å². The molecule has 0 amide bonds. The van der Waals surface area contributed by atoms with Crippen LogP contribution in [0.2, 0.25) is 0 Å². The summed E-state index contributed by atoms with van der Waals surface area (Å²) in [6.07, 6.45) is 5.70. The van der Waals surface area contributed by atoms with Gasteiger partial charge in [-0.1, -0.05) is 0 Å². The zero-order chi connectivity index (χ0) is 8.13. The molecule has 1 saturated heterocycles. The monoisotopic (exact) mass is 166 g/mol. The van der Waals surface area contributed by atoms with Crippen molar-refractivity contribution in [1.82, 2.24) is 4.90 Å². The van der Waals surface area contributed by atoms with Crippen LogP contribution in [0, 0.1) is 11.8 Å². The van der Waals surface area contributed by atoms with Gasteiger partial charge in [-0.3, -0.25) is 4.90 Å². The van der Waals surface area contributed by atoms with Crippen LogP contribution in [0.1, 0.15) is 25.7 Å². The molecule has 0 unspecified atom stereocenters. The fraction of sp³-hybridized carbons (Fsp3) is 1.00. The fourth-order valence-electron chi connectivity index (χ4n) is 3.04. The average Bonchev–Trinajstić information content (AvgIpc) is 2.87. The van der Waals surface area contributed by atoms with E-state index in [0.29, 0.717) is 6.04 Å². The van der Waals surface area contributed by atoms with Crippen LogP contribution in [0.4, 0.5) is 0 Å². The largest absolute Gasteiger partial charge is 0.327 e. The first-order chi connectivity index (χ1) is 5.84. The van der Waals surface area contributed by atoms with Crippen LogP contribution in [0.25, 0.3) is 0 Å². The molecule has 2 heteroatoms. The van der Waals surface area contributed by atoms with Gasteiger partial charge in [0.2, 0.25) is 0 Å². The lowest BCUT2D eigenvalue weighted by Crippen LogP contribution is -2.49. The van der Waals surface area contributed by atoms with E-state index in [9.17, 15) is 0 Å². The summed E-state index contributed by atoms with van der Waals surface area (Å²) in [6, 6.07) is 1.50. The third-order valence-corrected chi connectivity index (χ3v) is 4.00. The van der Waals surface area contributed by atoms with Gasteiger partial charge in [0.1, 0.15) is 0 Å². The Morgan fingerprint density at radius 1 is 0.917 bits per heavy atom. The molecule has 1 heterocycles. The van der Waals surface area contributed by atoms with E-state index in [0.717, 1.165) is 17.9 Å².